The van der Waals surface area contributed by atoms with E-state index >= 15 is 0 Å². The Hall–Kier alpha value is -2.52. The van der Waals surface area contributed by atoms with Gasteiger partial charge in [0.15, 0.2) is 5.82 Å². The van der Waals surface area contributed by atoms with Gasteiger partial charge >= 0.3 is 5.65 Å². The lowest BCUT2D eigenvalue weighted by molar-refractivity contribution is -0.581. The third-order valence-electron chi connectivity index (χ3n) is 5.21. The van der Waals surface area contributed by atoms with Gasteiger partial charge in [0.1, 0.15) is 5.52 Å². The molecule has 152 valence electrons. The predicted octanol–water partition coefficient (Wildman–Crippen LogP) is 2.23. The highest BCUT2D eigenvalue weighted by molar-refractivity contribution is 7.22. The molecule has 0 bridgehead atoms. The average molecular weight is 412 g/mol. The lowest BCUT2D eigenvalue weighted by atomic mass is 10.1. The van der Waals surface area contributed by atoms with Crippen molar-refractivity contribution in [2.75, 3.05) is 18.0 Å². The highest BCUT2D eigenvalue weighted by Crippen LogP contribution is 2.34. The van der Waals surface area contributed by atoms with Crippen molar-refractivity contribution in [2.24, 2.45) is 7.05 Å². The van der Waals surface area contributed by atoms with Crippen LogP contribution in [0.4, 0.5) is 5.00 Å². The molecule has 5 heterocycles. The van der Waals surface area contributed by atoms with E-state index in [0.717, 1.165) is 35.6 Å². The zero-order valence-electron chi connectivity index (χ0n) is 17.5. The van der Waals surface area contributed by atoms with Crippen molar-refractivity contribution in [3.8, 4) is 5.82 Å². The van der Waals surface area contributed by atoms with Crippen LogP contribution in [0.15, 0.2) is 24.7 Å². The fraction of sp³-hybridized carbons (Fsp3) is 0.500. The van der Waals surface area contributed by atoms with Crippen molar-refractivity contribution in [2.45, 2.75) is 45.7 Å². The molecule has 9 heteroatoms. The van der Waals surface area contributed by atoms with E-state index in [0.29, 0.717) is 6.04 Å². The van der Waals surface area contributed by atoms with Gasteiger partial charge in [-0.05, 0) is 40.2 Å². The molecule has 1 unspecified atom stereocenters. The van der Waals surface area contributed by atoms with Crippen LogP contribution in [-0.4, -0.2) is 49.3 Å². The van der Waals surface area contributed by atoms with Crippen LogP contribution < -0.4 is 14.7 Å². The molecule has 4 aromatic heterocycles. The summed E-state index contributed by atoms with van der Waals surface area (Å²) in [5.74, 6) is 0.800. The maximum absolute atomic E-state index is 4.79. The normalized spacial score (nSPS) is 17.8. The SMILES string of the molecule is Cc1cc(-n2cc3sc(N4CCC(NC(C)(C)C)C4)cc3n2)n[n+]2cn(C)nc12. The summed E-state index contributed by atoms with van der Waals surface area (Å²) in [6, 6.07) is 4.78. The molecule has 1 aliphatic rings. The highest BCUT2D eigenvalue weighted by atomic mass is 32.1. The van der Waals surface area contributed by atoms with Gasteiger partial charge in [-0.2, -0.15) is 5.10 Å². The molecule has 5 rings (SSSR count). The molecular weight excluding hydrogens is 384 g/mol. The molecule has 0 amide bonds. The van der Waals surface area contributed by atoms with Crippen molar-refractivity contribution in [3.05, 3.63) is 30.2 Å². The first-order valence-electron chi connectivity index (χ1n) is 10.0. The minimum Gasteiger partial charge on any atom is -0.362 e. The lowest BCUT2D eigenvalue weighted by Crippen LogP contribution is -2.44. The highest BCUT2D eigenvalue weighted by Gasteiger charge is 2.27. The number of rotatable bonds is 3. The van der Waals surface area contributed by atoms with Crippen LogP contribution in [0, 0.1) is 6.92 Å². The average Bonchev–Trinajstić information content (AvgIpc) is 3.34. The number of thiophene rings is 1. The summed E-state index contributed by atoms with van der Waals surface area (Å²) in [5.41, 5.74) is 3.11. The lowest BCUT2D eigenvalue weighted by Gasteiger charge is -2.26. The van der Waals surface area contributed by atoms with Gasteiger partial charge in [0.25, 0.3) is 0 Å². The van der Waals surface area contributed by atoms with E-state index in [1.165, 1.54) is 16.1 Å². The molecule has 0 aromatic carbocycles. The Morgan fingerprint density at radius 1 is 1.24 bits per heavy atom. The number of aryl methyl sites for hydroxylation is 2. The van der Waals surface area contributed by atoms with Gasteiger partial charge in [-0.15, -0.1) is 20.5 Å². The summed E-state index contributed by atoms with van der Waals surface area (Å²) in [4.78, 5) is 2.47. The molecule has 1 saturated heterocycles. The van der Waals surface area contributed by atoms with Crippen molar-refractivity contribution < 1.29 is 4.52 Å². The summed E-state index contributed by atoms with van der Waals surface area (Å²) in [6.45, 7) is 10.9. The van der Waals surface area contributed by atoms with E-state index in [1.807, 2.05) is 31.0 Å². The van der Waals surface area contributed by atoms with Gasteiger partial charge in [0.05, 0.1) is 22.9 Å². The van der Waals surface area contributed by atoms with Gasteiger partial charge in [0, 0.05) is 41.4 Å². The van der Waals surface area contributed by atoms with Crippen LogP contribution in [0.3, 0.4) is 0 Å². The monoisotopic (exact) mass is 411 g/mol. The molecule has 1 fully saturated rings. The second kappa shape index (κ2) is 6.50. The third-order valence-corrected chi connectivity index (χ3v) is 6.33. The Labute approximate surface area is 173 Å². The summed E-state index contributed by atoms with van der Waals surface area (Å²) in [5, 5.41) is 18.9. The molecule has 1 atom stereocenters. The zero-order chi connectivity index (χ0) is 20.3. The molecule has 0 aliphatic carbocycles. The summed E-state index contributed by atoms with van der Waals surface area (Å²) < 4.78 is 6.62. The van der Waals surface area contributed by atoms with Crippen LogP contribution in [0.25, 0.3) is 21.7 Å². The number of nitrogens with zero attached hydrogens (tertiary/aromatic N) is 7. The Morgan fingerprint density at radius 3 is 2.83 bits per heavy atom. The van der Waals surface area contributed by atoms with Crippen LogP contribution in [-0.2, 0) is 7.05 Å². The molecule has 1 aliphatic heterocycles. The van der Waals surface area contributed by atoms with E-state index in [-0.39, 0.29) is 5.54 Å². The van der Waals surface area contributed by atoms with Gasteiger partial charge in [-0.1, -0.05) is 5.10 Å². The van der Waals surface area contributed by atoms with Gasteiger partial charge in [-0.25, -0.2) is 4.68 Å². The van der Waals surface area contributed by atoms with E-state index in [1.54, 1.807) is 20.5 Å². The second-order valence-electron chi connectivity index (χ2n) is 8.98. The van der Waals surface area contributed by atoms with Gasteiger partial charge in [-0.3, -0.25) is 0 Å². The molecule has 1 N–H and O–H groups in total. The number of aromatic nitrogens is 6. The fourth-order valence-electron chi connectivity index (χ4n) is 4.05. The topological polar surface area (TPSA) is 67.9 Å². The Bertz CT molecular complexity index is 1160. The number of anilines is 1. The number of hydrogen-bond donors (Lipinski definition) is 1. The minimum absolute atomic E-state index is 0.153. The molecule has 0 spiro atoms. The standard InChI is InChI=1S/C20H27N8S/c1-13-8-17(23-28-12-25(5)24-19(13)28)27-11-16-15(22-27)9-18(29-16)26-7-6-14(10-26)21-20(2,3)4/h8-9,11-12,14,21H,6-7,10H2,1-5H3/q+1. The zero-order valence-corrected chi connectivity index (χ0v) is 18.4. The Balaban J connectivity index is 1.40. The summed E-state index contributed by atoms with van der Waals surface area (Å²) >= 11 is 1.81. The van der Waals surface area contributed by atoms with Crippen LogP contribution in [0.2, 0.25) is 0 Å². The van der Waals surface area contributed by atoms with Crippen molar-refractivity contribution in [1.29, 1.82) is 0 Å². The number of nitrogens with one attached hydrogen (secondary N) is 1. The second-order valence-corrected chi connectivity index (χ2v) is 10.0. The van der Waals surface area contributed by atoms with Crippen LogP contribution in [0.5, 0.6) is 0 Å². The van der Waals surface area contributed by atoms with Crippen LogP contribution in [0.1, 0.15) is 32.8 Å². The first-order valence-corrected chi connectivity index (χ1v) is 10.8. The molecule has 29 heavy (non-hydrogen) atoms. The van der Waals surface area contributed by atoms with E-state index in [2.05, 4.69) is 53.4 Å². The smallest absolute Gasteiger partial charge is 0.328 e. The largest absolute Gasteiger partial charge is 0.362 e. The van der Waals surface area contributed by atoms with Crippen molar-refractivity contribution in [1.82, 2.24) is 30.0 Å². The Kier molecular flexibility index (Phi) is 4.15. The molecule has 0 saturated carbocycles. The maximum Gasteiger partial charge on any atom is 0.328 e. The maximum atomic E-state index is 4.79. The van der Waals surface area contributed by atoms with Crippen LogP contribution >= 0.6 is 11.3 Å². The van der Waals surface area contributed by atoms with E-state index in [9.17, 15) is 0 Å². The minimum atomic E-state index is 0.153. The predicted molar refractivity (Wildman–Crippen MR) is 115 cm³/mol. The first kappa shape index (κ1) is 18.5. The van der Waals surface area contributed by atoms with Crippen molar-refractivity contribution in [3.63, 3.8) is 0 Å². The molecule has 4 aromatic rings. The Morgan fingerprint density at radius 2 is 2.07 bits per heavy atom. The van der Waals surface area contributed by atoms with Crippen molar-refractivity contribution >= 4 is 32.2 Å². The molecule has 0 radical (unpaired) electrons. The number of fused-ring (bicyclic) bond motifs is 2. The molecular formula is C20H27N8S+. The third kappa shape index (κ3) is 3.49. The first-order chi connectivity index (χ1) is 13.7. The number of hydrogen-bond acceptors (Lipinski definition) is 6. The van der Waals surface area contributed by atoms with E-state index in [4.69, 9.17) is 5.10 Å². The molecule has 8 nitrogen and oxygen atoms in total. The van der Waals surface area contributed by atoms with E-state index < -0.39 is 0 Å². The quantitative estimate of drug-likeness (QED) is 0.524. The summed E-state index contributed by atoms with van der Waals surface area (Å²) in [7, 11) is 1.90. The van der Waals surface area contributed by atoms with Gasteiger partial charge in [0.2, 0.25) is 6.33 Å². The van der Waals surface area contributed by atoms with Gasteiger partial charge < -0.3 is 10.2 Å². The fourth-order valence-corrected chi connectivity index (χ4v) is 5.10. The summed E-state index contributed by atoms with van der Waals surface area (Å²) in [6.07, 6.45) is 5.12.